The van der Waals surface area contributed by atoms with Crippen molar-refractivity contribution < 1.29 is 4.84 Å². The lowest BCUT2D eigenvalue weighted by Crippen LogP contribution is -1.74. The highest BCUT2D eigenvalue weighted by atomic mass is 16.6. The molecule has 0 aromatic carbocycles. The fraction of sp³-hybridized carbons (Fsp3) is 0.600. The van der Waals surface area contributed by atoms with E-state index in [-0.39, 0.29) is 0 Å². The van der Waals surface area contributed by atoms with E-state index in [1.807, 2.05) is 13.8 Å². The van der Waals surface area contributed by atoms with E-state index in [0.717, 1.165) is 0 Å². The summed E-state index contributed by atoms with van der Waals surface area (Å²) < 4.78 is 0. The van der Waals surface area contributed by atoms with Gasteiger partial charge >= 0.3 is 0 Å². The summed E-state index contributed by atoms with van der Waals surface area (Å²) in [6.45, 7) is 4.32. The molecule has 0 heterocycles. The van der Waals surface area contributed by atoms with Gasteiger partial charge in [-0.25, -0.2) is 0 Å². The molecule has 0 fully saturated rings. The average molecular weight is 99.1 g/mol. The van der Waals surface area contributed by atoms with Gasteiger partial charge in [-0.05, 0) is 25.1 Å². The molecular formula is C5H9NO. The summed E-state index contributed by atoms with van der Waals surface area (Å²) in [5.74, 6) is 2.53. The first-order chi connectivity index (χ1) is 3.41. The zero-order valence-corrected chi connectivity index (χ0v) is 4.64. The topological polar surface area (TPSA) is 21.6 Å². The number of hydrogen-bond donors (Lipinski definition) is 0. The second-order valence-electron chi connectivity index (χ2n) is 0.927. The number of allylic oxidation sites excluding steroid dienone is 1. The molecule has 0 rings (SSSR count). The molecule has 0 aromatic heterocycles. The Morgan fingerprint density at radius 3 is 3.00 bits per heavy atom. The summed E-state index contributed by atoms with van der Waals surface area (Å²) in [6, 6.07) is 0. The van der Waals surface area contributed by atoms with Crippen molar-refractivity contribution in [2.24, 2.45) is 5.16 Å². The van der Waals surface area contributed by atoms with Crippen LogP contribution in [-0.2, 0) is 4.84 Å². The van der Waals surface area contributed by atoms with Gasteiger partial charge in [-0.15, -0.1) is 0 Å². The van der Waals surface area contributed by atoms with Crippen molar-refractivity contribution in [1.29, 1.82) is 0 Å². The quantitative estimate of drug-likeness (QED) is 0.376. The van der Waals surface area contributed by atoms with Gasteiger partial charge in [0, 0.05) is 5.87 Å². The van der Waals surface area contributed by atoms with Crippen LogP contribution in [0.4, 0.5) is 0 Å². The van der Waals surface area contributed by atoms with Crippen LogP contribution in [0, 0.1) is 0 Å². The van der Waals surface area contributed by atoms with E-state index in [1.165, 1.54) is 0 Å². The Labute approximate surface area is 43.5 Å². The fourth-order valence-corrected chi connectivity index (χ4v) is 0.155. The monoisotopic (exact) mass is 99.1 g/mol. The summed E-state index contributed by atoms with van der Waals surface area (Å²) >= 11 is 0. The van der Waals surface area contributed by atoms with Gasteiger partial charge in [-0.2, -0.15) is 0 Å². The maximum absolute atomic E-state index is 4.56. The molecule has 0 spiro atoms. The highest BCUT2D eigenvalue weighted by Gasteiger charge is 1.61. The van der Waals surface area contributed by atoms with Crippen LogP contribution in [0.25, 0.3) is 0 Å². The predicted molar refractivity (Wildman–Crippen MR) is 29.3 cm³/mol. The molecule has 7 heavy (non-hydrogen) atoms. The molecule has 0 atom stereocenters. The first-order valence-electron chi connectivity index (χ1n) is 2.27. The Balaban J connectivity index is 3.10. The first kappa shape index (κ1) is 6.25. The van der Waals surface area contributed by atoms with Crippen molar-refractivity contribution in [3.8, 4) is 0 Å². The highest BCUT2D eigenvalue weighted by Crippen LogP contribution is 1.67. The third-order valence-corrected chi connectivity index (χ3v) is 0.375. The van der Waals surface area contributed by atoms with Gasteiger partial charge in [0.1, 0.15) is 6.61 Å². The molecule has 0 unspecified atom stereocenters. The van der Waals surface area contributed by atoms with Crippen molar-refractivity contribution in [2.45, 2.75) is 13.8 Å². The van der Waals surface area contributed by atoms with Crippen molar-refractivity contribution >= 4 is 5.87 Å². The van der Waals surface area contributed by atoms with Crippen molar-refractivity contribution in [1.82, 2.24) is 0 Å². The maximum Gasteiger partial charge on any atom is 0.115 e. The molecule has 0 radical (unpaired) electrons. The third kappa shape index (κ3) is 5.25. The van der Waals surface area contributed by atoms with Crippen LogP contribution in [0.15, 0.2) is 11.2 Å². The third-order valence-electron chi connectivity index (χ3n) is 0.375. The molecule has 2 heteroatoms. The standard InChI is InChI=1S/C5H9NO/c1-3-5-6-7-4-2/h3H,4H2,1-2H3. The van der Waals surface area contributed by atoms with Crippen LogP contribution in [0.1, 0.15) is 13.8 Å². The van der Waals surface area contributed by atoms with Crippen molar-refractivity contribution in [3.05, 3.63) is 6.08 Å². The van der Waals surface area contributed by atoms with E-state index in [9.17, 15) is 0 Å². The lowest BCUT2D eigenvalue weighted by atomic mass is 10.8. The SMILES string of the molecule is CC=C=NOCC. The van der Waals surface area contributed by atoms with Gasteiger partial charge in [0.2, 0.25) is 0 Å². The van der Waals surface area contributed by atoms with E-state index in [0.29, 0.717) is 6.61 Å². The molecule has 0 aliphatic heterocycles. The van der Waals surface area contributed by atoms with Gasteiger partial charge in [0.25, 0.3) is 0 Å². The Morgan fingerprint density at radius 1 is 1.86 bits per heavy atom. The van der Waals surface area contributed by atoms with E-state index in [4.69, 9.17) is 0 Å². The first-order valence-corrected chi connectivity index (χ1v) is 2.27. The van der Waals surface area contributed by atoms with Gasteiger partial charge in [-0.3, -0.25) is 0 Å². The lowest BCUT2D eigenvalue weighted by molar-refractivity contribution is 0.161. The summed E-state index contributed by atoms with van der Waals surface area (Å²) in [5, 5.41) is 3.40. The summed E-state index contributed by atoms with van der Waals surface area (Å²) in [6.07, 6.45) is 1.69. The molecular weight excluding hydrogens is 90.1 g/mol. The Morgan fingerprint density at radius 2 is 2.57 bits per heavy atom. The Bertz CT molecular complexity index is 82.1. The number of rotatable bonds is 2. The molecule has 40 valence electrons. The number of hydrogen-bond acceptors (Lipinski definition) is 2. The van der Waals surface area contributed by atoms with Crippen LogP contribution in [-0.4, -0.2) is 12.5 Å². The van der Waals surface area contributed by atoms with Crippen molar-refractivity contribution in [2.75, 3.05) is 6.61 Å². The Hall–Kier alpha value is -0.750. The van der Waals surface area contributed by atoms with Crippen LogP contribution in [0.2, 0.25) is 0 Å². The maximum atomic E-state index is 4.56. The smallest absolute Gasteiger partial charge is 0.115 e. The molecule has 0 amide bonds. The van der Waals surface area contributed by atoms with Crippen LogP contribution in [0.5, 0.6) is 0 Å². The minimum absolute atomic E-state index is 0.612. The molecule has 0 aliphatic carbocycles. The molecule has 2 nitrogen and oxygen atoms in total. The summed E-state index contributed by atoms with van der Waals surface area (Å²) in [7, 11) is 0. The fourth-order valence-electron chi connectivity index (χ4n) is 0.155. The molecule has 0 saturated carbocycles. The average Bonchev–Trinajstić information content (AvgIpc) is 1.69. The van der Waals surface area contributed by atoms with Crippen LogP contribution >= 0.6 is 0 Å². The molecule has 0 aliphatic rings. The normalized spacial score (nSPS) is 6.57. The minimum atomic E-state index is 0.612. The predicted octanol–water partition coefficient (Wildman–Crippen LogP) is 1.18. The Kier molecular flexibility index (Phi) is 4.69. The van der Waals surface area contributed by atoms with Crippen LogP contribution < -0.4 is 0 Å². The highest BCUT2D eigenvalue weighted by molar-refractivity contribution is 5.49. The molecule has 0 bridgehead atoms. The molecule has 0 saturated heterocycles. The zero-order valence-electron chi connectivity index (χ0n) is 4.64. The van der Waals surface area contributed by atoms with Crippen molar-refractivity contribution in [3.63, 3.8) is 0 Å². The van der Waals surface area contributed by atoms with E-state index < -0.39 is 0 Å². The second-order valence-corrected chi connectivity index (χ2v) is 0.927. The summed E-state index contributed by atoms with van der Waals surface area (Å²) in [4.78, 5) is 4.56. The second kappa shape index (κ2) is 5.25. The van der Waals surface area contributed by atoms with Gasteiger partial charge in [0.05, 0.1) is 0 Å². The number of nitrogens with zero attached hydrogens (tertiary/aromatic N) is 1. The lowest BCUT2D eigenvalue weighted by Gasteiger charge is -1.82. The van der Waals surface area contributed by atoms with Gasteiger partial charge < -0.3 is 4.84 Å². The van der Waals surface area contributed by atoms with Gasteiger partial charge in [0.15, 0.2) is 0 Å². The van der Waals surface area contributed by atoms with Gasteiger partial charge in [-0.1, -0.05) is 0 Å². The summed E-state index contributed by atoms with van der Waals surface area (Å²) in [5.41, 5.74) is 0. The molecule has 0 aromatic rings. The van der Waals surface area contributed by atoms with E-state index >= 15 is 0 Å². The van der Waals surface area contributed by atoms with E-state index in [1.54, 1.807) is 6.08 Å². The minimum Gasteiger partial charge on any atom is -0.389 e. The van der Waals surface area contributed by atoms with E-state index in [2.05, 4.69) is 15.9 Å². The largest absolute Gasteiger partial charge is 0.389 e. The van der Waals surface area contributed by atoms with Crippen LogP contribution in [0.3, 0.4) is 0 Å². The zero-order chi connectivity index (χ0) is 5.54. The molecule has 0 N–H and O–H groups in total.